The maximum absolute atomic E-state index is 13.6. The summed E-state index contributed by atoms with van der Waals surface area (Å²) in [6.45, 7) is 1.96. The lowest BCUT2D eigenvalue weighted by Crippen LogP contribution is -2.26. The molecule has 0 aliphatic heterocycles. The smallest absolute Gasteiger partial charge is 0.111 e. The lowest BCUT2D eigenvalue weighted by Gasteiger charge is -2.27. The molecule has 1 aliphatic rings. The number of hydrogen-bond donors (Lipinski definition) is 0. The summed E-state index contributed by atoms with van der Waals surface area (Å²) in [5.41, 5.74) is 1.85. The van der Waals surface area contributed by atoms with Crippen LogP contribution in [0.15, 0.2) is 18.3 Å². The molecular formula is C12H15F2N. The lowest BCUT2D eigenvalue weighted by atomic mass is 9.84. The molecule has 82 valence electrons. The van der Waals surface area contributed by atoms with Gasteiger partial charge in [-0.15, -0.1) is 0 Å². The molecule has 1 aromatic heterocycles. The van der Waals surface area contributed by atoms with Crippen molar-refractivity contribution in [1.29, 1.82) is 0 Å². The zero-order chi connectivity index (χ0) is 10.8. The van der Waals surface area contributed by atoms with Crippen LogP contribution >= 0.6 is 0 Å². The van der Waals surface area contributed by atoms with Gasteiger partial charge in [0.15, 0.2) is 0 Å². The van der Waals surface area contributed by atoms with E-state index in [1.54, 1.807) is 6.20 Å². The Labute approximate surface area is 88.5 Å². The van der Waals surface area contributed by atoms with Gasteiger partial charge in [0, 0.05) is 24.2 Å². The summed E-state index contributed by atoms with van der Waals surface area (Å²) in [6, 6.07) is 3.79. The highest BCUT2D eigenvalue weighted by atomic mass is 19.1. The van der Waals surface area contributed by atoms with Crippen LogP contribution < -0.4 is 0 Å². The van der Waals surface area contributed by atoms with E-state index in [1.165, 1.54) is 0 Å². The topological polar surface area (TPSA) is 12.9 Å². The molecule has 1 saturated carbocycles. The van der Waals surface area contributed by atoms with Crippen LogP contribution in [0, 0.1) is 6.92 Å². The molecule has 0 aromatic carbocycles. The monoisotopic (exact) mass is 211 g/mol. The van der Waals surface area contributed by atoms with Gasteiger partial charge in [0.1, 0.15) is 12.3 Å². The van der Waals surface area contributed by atoms with Gasteiger partial charge in [-0.2, -0.15) is 0 Å². The number of halogens is 2. The number of hydrogen-bond acceptors (Lipinski definition) is 1. The van der Waals surface area contributed by atoms with E-state index >= 15 is 0 Å². The van der Waals surface area contributed by atoms with Crippen LogP contribution in [0.1, 0.15) is 36.4 Å². The maximum Gasteiger partial charge on any atom is 0.111 e. The Kier molecular flexibility index (Phi) is 2.98. The van der Waals surface area contributed by atoms with Gasteiger partial charge in [0.2, 0.25) is 0 Å². The first-order chi connectivity index (χ1) is 7.16. The van der Waals surface area contributed by atoms with Crippen LogP contribution in [0.3, 0.4) is 0 Å². The highest BCUT2D eigenvalue weighted by molar-refractivity contribution is 5.19. The fourth-order valence-electron chi connectivity index (χ4n) is 2.16. The van der Waals surface area contributed by atoms with Crippen molar-refractivity contribution in [2.45, 2.75) is 44.4 Å². The van der Waals surface area contributed by atoms with Crippen LogP contribution in [0.2, 0.25) is 0 Å². The minimum atomic E-state index is -1.08. The molecule has 3 unspecified atom stereocenters. The first-order valence-electron chi connectivity index (χ1n) is 5.37. The van der Waals surface area contributed by atoms with Crippen LogP contribution in [0.5, 0.6) is 0 Å². The summed E-state index contributed by atoms with van der Waals surface area (Å²) in [5, 5.41) is 0. The number of aryl methyl sites for hydroxylation is 1. The number of rotatable bonds is 1. The van der Waals surface area contributed by atoms with Crippen molar-refractivity contribution in [2.24, 2.45) is 0 Å². The number of pyridine rings is 1. The Hall–Kier alpha value is -0.990. The largest absolute Gasteiger partial charge is 0.261 e. The normalized spacial score (nSPS) is 31.5. The van der Waals surface area contributed by atoms with Gasteiger partial charge in [0.05, 0.1) is 0 Å². The number of alkyl halides is 2. The third-order valence-electron chi connectivity index (χ3n) is 3.02. The number of aromatic nitrogens is 1. The van der Waals surface area contributed by atoms with Crippen molar-refractivity contribution < 1.29 is 8.78 Å². The van der Waals surface area contributed by atoms with Crippen molar-refractivity contribution in [3.63, 3.8) is 0 Å². The molecule has 0 saturated heterocycles. The molecular weight excluding hydrogens is 196 g/mol. The first-order valence-corrected chi connectivity index (χ1v) is 5.37. The van der Waals surface area contributed by atoms with E-state index < -0.39 is 12.3 Å². The van der Waals surface area contributed by atoms with Gasteiger partial charge in [-0.25, -0.2) is 8.78 Å². The molecule has 2 rings (SSSR count). The second kappa shape index (κ2) is 4.25. The average molecular weight is 211 g/mol. The summed E-state index contributed by atoms with van der Waals surface area (Å²) in [7, 11) is 0. The second-order valence-corrected chi connectivity index (χ2v) is 4.29. The van der Waals surface area contributed by atoms with E-state index in [2.05, 4.69) is 4.98 Å². The van der Waals surface area contributed by atoms with Crippen molar-refractivity contribution in [3.05, 3.63) is 29.6 Å². The van der Waals surface area contributed by atoms with Gasteiger partial charge >= 0.3 is 0 Å². The Bertz CT molecular complexity index is 340. The molecule has 1 aromatic rings. The zero-order valence-electron chi connectivity index (χ0n) is 8.79. The lowest BCUT2D eigenvalue weighted by molar-refractivity contribution is 0.135. The van der Waals surface area contributed by atoms with E-state index in [1.807, 2.05) is 19.1 Å². The van der Waals surface area contributed by atoms with Gasteiger partial charge in [-0.3, -0.25) is 4.98 Å². The van der Waals surface area contributed by atoms with E-state index in [-0.39, 0.29) is 12.3 Å². The van der Waals surface area contributed by atoms with Crippen molar-refractivity contribution in [1.82, 2.24) is 4.98 Å². The molecule has 1 nitrogen and oxygen atoms in total. The third kappa shape index (κ3) is 2.33. The standard InChI is InChI=1S/C12H15F2N/c1-8-4-5-15-12(6-8)10-3-2-9(13)7-11(10)14/h4-6,9-11H,2-3,7H2,1H3. The van der Waals surface area contributed by atoms with E-state index in [4.69, 9.17) is 0 Å². The zero-order valence-corrected chi connectivity index (χ0v) is 8.79. The summed E-state index contributed by atoms with van der Waals surface area (Å²) < 4.78 is 26.6. The molecule has 3 atom stereocenters. The molecule has 1 heterocycles. The van der Waals surface area contributed by atoms with E-state index in [0.29, 0.717) is 12.8 Å². The first kappa shape index (κ1) is 10.5. The molecule has 15 heavy (non-hydrogen) atoms. The number of nitrogens with zero attached hydrogens (tertiary/aromatic N) is 1. The molecule has 3 heteroatoms. The molecule has 0 radical (unpaired) electrons. The summed E-state index contributed by atoms with van der Waals surface area (Å²) in [4.78, 5) is 4.18. The van der Waals surface area contributed by atoms with Crippen LogP contribution in [0.25, 0.3) is 0 Å². The van der Waals surface area contributed by atoms with Crippen molar-refractivity contribution >= 4 is 0 Å². The minimum absolute atomic E-state index is 0.0281. The maximum atomic E-state index is 13.6. The Balaban J connectivity index is 2.17. The van der Waals surface area contributed by atoms with Gasteiger partial charge in [0.25, 0.3) is 0 Å². The molecule has 1 fully saturated rings. The Morgan fingerprint density at radius 1 is 1.33 bits per heavy atom. The Morgan fingerprint density at radius 2 is 2.13 bits per heavy atom. The van der Waals surface area contributed by atoms with E-state index in [0.717, 1.165) is 11.3 Å². The summed E-state index contributed by atoms with van der Waals surface area (Å²) in [6.07, 6.45) is 0.697. The fourth-order valence-corrected chi connectivity index (χ4v) is 2.16. The predicted molar refractivity (Wildman–Crippen MR) is 55.4 cm³/mol. The minimum Gasteiger partial charge on any atom is -0.261 e. The fraction of sp³-hybridized carbons (Fsp3) is 0.583. The van der Waals surface area contributed by atoms with Gasteiger partial charge in [-0.05, 0) is 37.5 Å². The SMILES string of the molecule is Cc1ccnc(C2CCC(F)CC2F)c1. The molecule has 1 aliphatic carbocycles. The Morgan fingerprint density at radius 3 is 2.80 bits per heavy atom. The van der Waals surface area contributed by atoms with Crippen LogP contribution in [0.4, 0.5) is 8.78 Å². The summed E-state index contributed by atoms with van der Waals surface area (Å²) in [5.74, 6) is -0.211. The van der Waals surface area contributed by atoms with Crippen molar-refractivity contribution in [3.8, 4) is 0 Å². The highest BCUT2D eigenvalue weighted by Crippen LogP contribution is 2.35. The van der Waals surface area contributed by atoms with Crippen LogP contribution in [-0.4, -0.2) is 17.3 Å². The third-order valence-corrected chi connectivity index (χ3v) is 3.02. The molecule has 0 bridgehead atoms. The molecule has 0 amide bonds. The second-order valence-electron chi connectivity index (χ2n) is 4.29. The van der Waals surface area contributed by atoms with Gasteiger partial charge in [-0.1, -0.05) is 0 Å². The van der Waals surface area contributed by atoms with Crippen LogP contribution in [-0.2, 0) is 0 Å². The van der Waals surface area contributed by atoms with Gasteiger partial charge < -0.3 is 0 Å². The average Bonchev–Trinajstić information content (AvgIpc) is 2.17. The summed E-state index contributed by atoms with van der Waals surface area (Å²) >= 11 is 0. The highest BCUT2D eigenvalue weighted by Gasteiger charge is 2.32. The molecule has 0 spiro atoms. The predicted octanol–water partition coefficient (Wildman–Crippen LogP) is 3.33. The van der Waals surface area contributed by atoms with Crippen molar-refractivity contribution in [2.75, 3.05) is 0 Å². The quantitative estimate of drug-likeness (QED) is 0.694. The van der Waals surface area contributed by atoms with E-state index in [9.17, 15) is 8.78 Å². The molecule has 0 N–H and O–H groups in total.